The summed E-state index contributed by atoms with van der Waals surface area (Å²) in [6.07, 6.45) is 0. The molecule has 0 bridgehead atoms. The van der Waals surface area contributed by atoms with E-state index in [1.54, 1.807) is 24.3 Å². The van der Waals surface area contributed by atoms with E-state index in [1.165, 1.54) is 6.07 Å². The third-order valence-corrected chi connectivity index (χ3v) is 5.74. The molecule has 0 atom stereocenters. The van der Waals surface area contributed by atoms with Crippen molar-refractivity contribution in [2.45, 2.75) is 4.90 Å². The number of nitrogens with one attached hydrogen (secondary N) is 2. The van der Waals surface area contributed by atoms with Gasteiger partial charge in [0.1, 0.15) is 10.6 Å². The summed E-state index contributed by atoms with van der Waals surface area (Å²) in [5, 5.41) is 9.40. The Labute approximate surface area is 160 Å². The van der Waals surface area contributed by atoms with Crippen LogP contribution >= 0.6 is 0 Å². The van der Waals surface area contributed by atoms with Gasteiger partial charge in [-0.25, -0.2) is 0 Å². The number of para-hydroxylation sites is 1. The van der Waals surface area contributed by atoms with Gasteiger partial charge in [-0.1, -0.05) is 42.5 Å². The van der Waals surface area contributed by atoms with Crippen molar-refractivity contribution >= 4 is 31.9 Å². The van der Waals surface area contributed by atoms with Crippen molar-refractivity contribution in [3.63, 3.8) is 0 Å². The fourth-order valence-electron chi connectivity index (χ4n) is 3.52. The maximum absolute atomic E-state index is 11.8. The molecule has 3 aromatic carbocycles. The predicted octanol–water partition coefficient (Wildman–Crippen LogP) is 4.62. The van der Waals surface area contributed by atoms with E-state index in [4.69, 9.17) is 0 Å². The lowest BCUT2D eigenvalue weighted by Crippen LogP contribution is -2.00. The summed E-state index contributed by atoms with van der Waals surface area (Å²) in [4.78, 5) is 3.25. The molecule has 2 heterocycles. The van der Waals surface area contributed by atoms with Gasteiger partial charge in [-0.15, -0.1) is 0 Å². The Balaban J connectivity index is 1.72. The molecule has 0 amide bonds. The average molecular weight is 389 g/mol. The van der Waals surface area contributed by atoms with E-state index < -0.39 is 10.1 Å². The van der Waals surface area contributed by atoms with E-state index >= 15 is 0 Å². The van der Waals surface area contributed by atoms with Gasteiger partial charge in [0.2, 0.25) is 0 Å². The van der Waals surface area contributed by atoms with Crippen LogP contribution in [0.5, 0.6) is 0 Å². The lowest BCUT2D eigenvalue weighted by Gasteiger charge is -2.07. The lowest BCUT2D eigenvalue weighted by atomic mass is 10.0. The summed E-state index contributed by atoms with van der Waals surface area (Å²) in [5.41, 5.74) is 4.59. The molecule has 5 aromatic rings. The molecular weight excluding hydrogens is 374 g/mol. The van der Waals surface area contributed by atoms with Crippen LogP contribution in [-0.4, -0.2) is 28.2 Å². The van der Waals surface area contributed by atoms with E-state index in [-0.39, 0.29) is 4.90 Å². The molecule has 7 heteroatoms. The number of aromatic nitrogens is 3. The first kappa shape index (κ1) is 16.7. The minimum Gasteiger partial charge on any atom is -0.353 e. The average Bonchev–Trinajstić information content (AvgIpc) is 3.30. The highest BCUT2D eigenvalue weighted by atomic mass is 32.2. The molecule has 0 radical (unpaired) electrons. The molecule has 0 spiro atoms. The number of fused-ring (bicyclic) bond motifs is 2. The van der Waals surface area contributed by atoms with Crippen LogP contribution in [0, 0.1) is 0 Å². The normalized spacial score (nSPS) is 12.0. The fourth-order valence-corrected chi connectivity index (χ4v) is 4.23. The number of rotatable bonds is 3. The van der Waals surface area contributed by atoms with Crippen LogP contribution in [0.3, 0.4) is 0 Å². The molecule has 6 nitrogen and oxygen atoms in total. The number of hydrogen-bond acceptors (Lipinski definition) is 3. The molecule has 3 N–H and O–H groups in total. The Morgan fingerprint density at radius 1 is 0.857 bits per heavy atom. The second kappa shape index (κ2) is 6.05. The molecule has 0 aliphatic heterocycles. The molecule has 0 saturated carbocycles. The zero-order valence-electron chi connectivity index (χ0n) is 14.5. The summed E-state index contributed by atoms with van der Waals surface area (Å²) >= 11 is 0. The van der Waals surface area contributed by atoms with Crippen molar-refractivity contribution in [2.75, 3.05) is 0 Å². The lowest BCUT2D eigenvalue weighted by molar-refractivity contribution is 0.483. The zero-order chi connectivity index (χ0) is 19.3. The summed E-state index contributed by atoms with van der Waals surface area (Å²) in [6, 6.07) is 21.9. The zero-order valence-corrected chi connectivity index (χ0v) is 15.4. The van der Waals surface area contributed by atoms with Gasteiger partial charge in [0, 0.05) is 21.9 Å². The van der Waals surface area contributed by atoms with Gasteiger partial charge in [0.25, 0.3) is 10.1 Å². The monoisotopic (exact) mass is 389 g/mol. The molecule has 5 rings (SSSR count). The van der Waals surface area contributed by atoms with Gasteiger partial charge in [-0.05, 0) is 35.9 Å². The second-order valence-corrected chi connectivity index (χ2v) is 7.96. The van der Waals surface area contributed by atoms with Gasteiger partial charge in [0.15, 0.2) is 0 Å². The Hall–Kier alpha value is -3.42. The number of benzene rings is 3. The molecule has 0 saturated heterocycles. The number of nitrogens with zero attached hydrogens (tertiary/aromatic N) is 1. The molecular formula is C21H15N3O3S. The standard InChI is InChI=1S/C21H15N3O3S/c25-28(26,27)20-8-4-2-6-15(20)13-9-10-18-16(11-13)21(24-23-18)19-12-14-5-1-3-7-17(14)22-19/h1-12,22H,(H,23,24)(H,25,26,27). The highest BCUT2D eigenvalue weighted by molar-refractivity contribution is 7.86. The number of H-pyrrole nitrogens is 2. The summed E-state index contributed by atoms with van der Waals surface area (Å²) in [6.45, 7) is 0. The molecule has 0 fully saturated rings. The number of hydrogen-bond donors (Lipinski definition) is 3. The fraction of sp³-hybridized carbons (Fsp3) is 0. The van der Waals surface area contributed by atoms with Crippen molar-refractivity contribution in [3.8, 4) is 22.5 Å². The maximum Gasteiger partial charge on any atom is 0.295 e. The van der Waals surface area contributed by atoms with E-state index in [1.807, 2.05) is 42.5 Å². The van der Waals surface area contributed by atoms with Crippen LogP contribution in [0.2, 0.25) is 0 Å². The smallest absolute Gasteiger partial charge is 0.295 e. The van der Waals surface area contributed by atoms with Gasteiger partial charge in [-0.2, -0.15) is 13.5 Å². The Morgan fingerprint density at radius 3 is 2.46 bits per heavy atom. The minimum absolute atomic E-state index is 0.120. The van der Waals surface area contributed by atoms with Crippen LogP contribution < -0.4 is 0 Å². The topological polar surface area (TPSA) is 98.8 Å². The van der Waals surface area contributed by atoms with Gasteiger partial charge >= 0.3 is 0 Å². The molecule has 138 valence electrons. The Morgan fingerprint density at radius 2 is 1.64 bits per heavy atom. The van der Waals surface area contributed by atoms with Crippen molar-refractivity contribution < 1.29 is 13.0 Å². The Bertz CT molecular complexity index is 1420. The first-order valence-electron chi connectivity index (χ1n) is 8.64. The van der Waals surface area contributed by atoms with Crippen LogP contribution in [0.4, 0.5) is 0 Å². The molecule has 0 aliphatic rings. The first-order chi connectivity index (χ1) is 13.5. The molecule has 2 aromatic heterocycles. The quantitative estimate of drug-likeness (QED) is 0.392. The third kappa shape index (κ3) is 2.69. The predicted molar refractivity (Wildman–Crippen MR) is 109 cm³/mol. The minimum atomic E-state index is -4.33. The van der Waals surface area contributed by atoms with Crippen LogP contribution in [0.15, 0.2) is 77.7 Å². The summed E-state index contributed by atoms with van der Waals surface area (Å²) < 4.78 is 33.1. The van der Waals surface area contributed by atoms with E-state index in [9.17, 15) is 13.0 Å². The van der Waals surface area contributed by atoms with Crippen molar-refractivity contribution in [1.29, 1.82) is 0 Å². The summed E-state index contributed by atoms with van der Waals surface area (Å²) in [5.74, 6) is 0. The van der Waals surface area contributed by atoms with E-state index in [0.717, 1.165) is 33.2 Å². The second-order valence-electron chi connectivity index (χ2n) is 6.57. The molecule has 28 heavy (non-hydrogen) atoms. The van der Waals surface area contributed by atoms with Gasteiger partial charge < -0.3 is 4.98 Å². The van der Waals surface area contributed by atoms with Crippen LogP contribution in [0.1, 0.15) is 0 Å². The summed E-state index contributed by atoms with van der Waals surface area (Å²) in [7, 11) is -4.33. The van der Waals surface area contributed by atoms with Crippen LogP contribution in [0.25, 0.3) is 44.3 Å². The third-order valence-electron chi connectivity index (χ3n) is 4.82. The highest BCUT2D eigenvalue weighted by Crippen LogP contribution is 2.33. The van der Waals surface area contributed by atoms with E-state index in [2.05, 4.69) is 15.2 Å². The first-order valence-corrected chi connectivity index (χ1v) is 10.1. The van der Waals surface area contributed by atoms with Crippen molar-refractivity contribution in [3.05, 3.63) is 72.8 Å². The van der Waals surface area contributed by atoms with Crippen molar-refractivity contribution in [1.82, 2.24) is 15.2 Å². The van der Waals surface area contributed by atoms with Gasteiger partial charge in [-0.3, -0.25) is 9.65 Å². The van der Waals surface area contributed by atoms with Crippen molar-refractivity contribution in [2.24, 2.45) is 0 Å². The van der Waals surface area contributed by atoms with Gasteiger partial charge in [0.05, 0.1) is 11.2 Å². The maximum atomic E-state index is 11.8. The largest absolute Gasteiger partial charge is 0.353 e. The number of aromatic amines is 2. The molecule has 0 unspecified atom stereocenters. The highest BCUT2D eigenvalue weighted by Gasteiger charge is 2.17. The molecule has 0 aliphatic carbocycles. The Kier molecular flexibility index (Phi) is 3.61. The van der Waals surface area contributed by atoms with Crippen LogP contribution in [-0.2, 0) is 10.1 Å². The SMILES string of the molecule is O=S(=O)(O)c1ccccc1-c1ccc2[nH]nc(-c3cc4ccccc4[nH]3)c2c1. The van der Waals surface area contributed by atoms with E-state index in [0.29, 0.717) is 11.1 Å².